The largest absolute Gasteiger partial charge is 0.379 e. The van der Waals surface area contributed by atoms with Gasteiger partial charge in [0.05, 0.1) is 19.0 Å². The minimum absolute atomic E-state index is 0.0949. The first-order valence-corrected chi connectivity index (χ1v) is 7.01. The normalized spacial score (nSPS) is 26.5. The molecule has 0 amide bonds. The Kier molecular flexibility index (Phi) is 3.30. The average Bonchev–Trinajstić information content (AvgIpc) is 3.01. The van der Waals surface area contributed by atoms with Crippen molar-refractivity contribution in [3.8, 4) is 0 Å². The molecule has 5 nitrogen and oxygen atoms in total. The lowest BCUT2D eigenvalue weighted by molar-refractivity contribution is 0.0729. The SMILES string of the molecule is NC(CS(=O)(=O)N1CCOCC1)C1CC1. The first kappa shape index (κ1) is 11.3. The number of nitrogens with zero attached hydrogens (tertiary/aromatic N) is 1. The van der Waals surface area contributed by atoms with E-state index in [1.807, 2.05) is 0 Å². The van der Waals surface area contributed by atoms with Crippen molar-refractivity contribution >= 4 is 10.0 Å². The molecule has 1 saturated heterocycles. The summed E-state index contributed by atoms with van der Waals surface area (Å²) in [7, 11) is -3.16. The Bertz CT molecular complexity index is 307. The lowest BCUT2D eigenvalue weighted by atomic mass is 10.2. The molecule has 1 atom stereocenters. The first-order valence-electron chi connectivity index (χ1n) is 5.41. The zero-order valence-corrected chi connectivity index (χ0v) is 9.58. The number of morpholine rings is 1. The fraction of sp³-hybridized carbons (Fsp3) is 1.00. The third-order valence-electron chi connectivity index (χ3n) is 2.99. The second kappa shape index (κ2) is 4.37. The Morgan fingerprint density at radius 2 is 1.93 bits per heavy atom. The van der Waals surface area contributed by atoms with Crippen molar-refractivity contribution in [2.24, 2.45) is 11.7 Å². The Hall–Kier alpha value is -0.170. The summed E-state index contributed by atoms with van der Waals surface area (Å²) in [5.74, 6) is 0.526. The zero-order chi connectivity index (χ0) is 10.9. The second-order valence-corrected chi connectivity index (χ2v) is 6.30. The molecule has 1 saturated carbocycles. The van der Waals surface area contributed by atoms with Gasteiger partial charge in [-0.05, 0) is 18.8 Å². The van der Waals surface area contributed by atoms with Crippen molar-refractivity contribution < 1.29 is 13.2 Å². The number of hydrogen-bond acceptors (Lipinski definition) is 4. The van der Waals surface area contributed by atoms with E-state index in [1.54, 1.807) is 0 Å². The van der Waals surface area contributed by atoms with Crippen molar-refractivity contribution in [3.63, 3.8) is 0 Å². The maximum Gasteiger partial charge on any atom is 0.215 e. The van der Waals surface area contributed by atoms with Crippen molar-refractivity contribution in [3.05, 3.63) is 0 Å². The van der Waals surface area contributed by atoms with Crippen LogP contribution in [0.1, 0.15) is 12.8 Å². The van der Waals surface area contributed by atoms with Crippen LogP contribution in [0.3, 0.4) is 0 Å². The third-order valence-corrected chi connectivity index (χ3v) is 4.95. The van der Waals surface area contributed by atoms with Gasteiger partial charge in [0.25, 0.3) is 0 Å². The van der Waals surface area contributed by atoms with Gasteiger partial charge in [0, 0.05) is 19.1 Å². The molecule has 2 rings (SSSR count). The van der Waals surface area contributed by atoms with E-state index in [4.69, 9.17) is 10.5 Å². The van der Waals surface area contributed by atoms with Crippen LogP contribution >= 0.6 is 0 Å². The predicted octanol–water partition coefficient (Wildman–Crippen LogP) is -0.614. The predicted molar refractivity (Wildman–Crippen MR) is 56.9 cm³/mol. The molecular weight excluding hydrogens is 216 g/mol. The van der Waals surface area contributed by atoms with E-state index in [9.17, 15) is 8.42 Å². The van der Waals surface area contributed by atoms with Crippen LogP contribution < -0.4 is 5.73 Å². The van der Waals surface area contributed by atoms with Gasteiger partial charge in [0.2, 0.25) is 10.0 Å². The van der Waals surface area contributed by atoms with E-state index >= 15 is 0 Å². The lowest BCUT2D eigenvalue weighted by Crippen LogP contribution is -2.45. The molecule has 0 aromatic heterocycles. The third kappa shape index (κ3) is 2.90. The minimum atomic E-state index is -3.16. The van der Waals surface area contributed by atoms with Gasteiger partial charge in [-0.2, -0.15) is 4.31 Å². The molecule has 1 aliphatic carbocycles. The summed E-state index contributed by atoms with van der Waals surface area (Å²) in [6.45, 7) is 1.94. The fourth-order valence-electron chi connectivity index (χ4n) is 1.83. The maximum absolute atomic E-state index is 11.9. The molecule has 1 unspecified atom stereocenters. The smallest absolute Gasteiger partial charge is 0.215 e. The Morgan fingerprint density at radius 1 is 1.33 bits per heavy atom. The fourth-order valence-corrected chi connectivity index (χ4v) is 3.51. The molecule has 2 aliphatic rings. The summed E-state index contributed by atoms with van der Waals surface area (Å²) in [5, 5.41) is 0. The molecule has 0 bridgehead atoms. The van der Waals surface area contributed by atoms with Gasteiger partial charge in [-0.25, -0.2) is 8.42 Å². The molecule has 2 fully saturated rings. The molecule has 0 aromatic carbocycles. The number of hydrogen-bond donors (Lipinski definition) is 1. The monoisotopic (exact) mass is 234 g/mol. The number of nitrogens with two attached hydrogens (primary N) is 1. The maximum atomic E-state index is 11.9. The highest BCUT2D eigenvalue weighted by atomic mass is 32.2. The number of ether oxygens (including phenoxy) is 1. The van der Waals surface area contributed by atoms with Gasteiger partial charge in [-0.15, -0.1) is 0 Å². The van der Waals surface area contributed by atoms with Crippen LogP contribution in [0.4, 0.5) is 0 Å². The number of sulfonamides is 1. The molecule has 0 spiro atoms. The molecule has 0 aromatic rings. The van der Waals surface area contributed by atoms with Gasteiger partial charge in [0.1, 0.15) is 0 Å². The molecule has 2 N–H and O–H groups in total. The van der Waals surface area contributed by atoms with Crippen molar-refractivity contribution in [1.82, 2.24) is 4.31 Å². The van der Waals surface area contributed by atoms with Gasteiger partial charge in [-0.3, -0.25) is 0 Å². The van der Waals surface area contributed by atoms with E-state index in [1.165, 1.54) is 4.31 Å². The van der Waals surface area contributed by atoms with Crippen LogP contribution in [0.5, 0.6) is 0 Å². The quantitative estimate of drug-likeness (QED) is 0.704. The topological polar surface area (TPSA) is 72.6 Å². The molecule has 15 heavy (non-hydrogen) atoms. The van der Waals surface area contributed by atoms with E-state index in [0.717, 1.165) is 12.8 Å². The molecular formula is C9H18N2O3S. The van der Waals surface area contributed by atoms with E-state index in [-0.39, 0.29) is 11.8 Å². The van der Waals surface area contributed by atoms with Crippen LogP contribution in [0.2, 0.25) is 0 Å². The summed E-state index contributed by atoms with van der Waals surface area (Å²) in [6, 6.07) is -0.183. The molecule has 88 valence electrons. The Morgan fingerprint density at radius 3 is 2.47 bits per heavy atom. The Labute approximate surface area is 90.6 Å². The van der Waals surface area contributed by atoms with E-state index in [2.05, 4.69) is 0 Å². The first-order chi connectivity index (χ1) is 7.09. The highest BCUT2D eigenvalue weighted by Crippen LogP contribution is 2.32. The van der Waals surface area contributed by atoms with Crippen LogP contribution in [-0.4, -0.2) is 50.8 Å². The molecule has 1 aliphatic heterocycles. The van der Waals surface area contributed by atoms with E-state index < -0.39 is 10.0 Å². The summed E-state index contributed by atoms with van der Waals surface area (Å²) in [6.07, 6.45) is 2.17. The van der Waals surface area contributed by atoms with Crippen LogP contribution in [0.15, 0.2) is 0 Å². The van der Waals surface area contributed by atoms with Crippen LogP contribution in [0, 0.1) is 5.92 Å². The second-order valence-electron chi connectivity index (χ2n) is 4.29. The summed E-state index contributed by atoms with van der Waals surface area (Å²) in [5.41, 5.74) is 5.83. The van der Waals surface area contributed by atoms with Gasteiger partial charge < -0.3 is 10.5 Å². The van der Waals surface area contributed by atoms with Crippen molar-refractivity contribution in [2.45, 2.75) is 18.9 Å². The van der Waals surface area contributed by atoms with Crippen molar-refractivity contribution in [2.75, 3.05) is 32.1 Å². The van der Waals surface area contributed by atoms with Gasteiger partial charge in [-0.1, -0.05) is 0 Å². The average molecular weight is 234 g/mol. The lowest BCUT2D eigenvalue weighted by Gasteiger charge is -2.27. The van der Waals surface area contributed by atoms with Crippen molar-refractivity contribution in [1.29, 1.82) is 0 Å². The molecule has 1 heterocycles. The Balaban J connectivity index is 1.92. The van der Waals surface area contributed by atoms with E-state index in [0.29, 0.717) is 32.2 Å². The van der Waals surface area contributed by atoms with Crippen LogP contribution in [0.25, 0.3) is 0 Å². The van der Waals surface area contributed by atoms with Crippen LogP contribution in [-0.2, 0) is 14.8 Å². The summed E-state index contributed by atoms with van der Waals surface area (Å²) in [4.78, 5) is 0. The van der Waals surface area contributed by atoms with Gasteiger partial charge >= 0.3 is 0 Å². The standard InChI is InChI=1S/C9H18N2O3S/c10-9(8-1-2-8)7-15(12,13)11-3-5-14-6-4-11/h8-9H,1-7,10H2. The van der Waals surface area contributed by atoms with Gasteiger partial charge in [0.15, 0.2) is 0 Å². The molecule has 6 heteroatoms. The summed E-state index contributed by atoms with van der Waals surface area (Å²) < 4.78 is 30.5. The summed E-state index contributed by atoms with van der Waals surface area (Å²) >= 11 is 0. The highest BCUT2D eigenvalue weighted by Gasteiger charge is 2.34. The number of rotatable bonds is 4. The minimum Gasteiger partial charge on any atom is -0.379 e. The highest BCUT2D eigenvalue weighted by molar-refractivity contribution is 7.89. The molecule has 0 radical (unpaired) electrons. The zero-order valence-electron chi connectivity index (χ0n) is 8.76.